The molecule has 0 aromatic heterocycles. The molecule has 3 rings (SSSR count). The molecule has 40 heavy (non-hydrogen) atoms. The van der Waals surface area contributed by atoms with Crippen molar-refractivity contribution in [2.75, 3.05) is 6.54 Å². The molecular weight excluding hydrogens is 506 g/mol. The van der Waals surface area contributed by atoms with E-state index in [2.05, 4.69) is 20.9 Å². The van der Waals surface area contributed by atoms with Crippen LogP contribution in [0.1, 0.15) is 47.4 Å². The van der Waals surface area contributed by atoms with Crippen molar-refractivity contribution in [3.8, 4) is 0 Å². The van der Waals surface area contributed by atoms with Crippen LogP contribution < -0.4 is 33.2 Å². The normalized spacial score (nSPS) is 11.3. The third-order valence-electron chi connectivity index (χ3n) is 6.35. The third kappa shape index (κ3) is 10.1. The van der Waals surface area contributed by atoms with Crippen LogP contribution in [0.4, 0.5) is 4.79 Å². The van der Waals surface area contributed by atoms with Gasteiger partial charge in [0.05, 0.1) is 0 Å². The van der Waals surface area contributed by atoms with Crippen molar-refractivity contribution in [1.82, 2.24) is 16.0 Å². The van der Waals surface area contributed by atoms with Gasteiger partial charge in [0.1, 0.15) is 6.04 Å². The minimum atomic E-state index is -0.757. The topological polar surface area (TPSA) is 178 Å². The molecular formula is C30H37N7O3. The van der Waals surface area contributed by atoms with Crippen molar-refractivity contribution in [3.05, 3.63) is 107 Å². The second-order valence-electron chi connectivity index (χ2n) is 9.40. The van der Waals surface area contributed by atoms with Crippen LogP contribution in [0.5, 0.6) is 0 Å². The highest BCUT2D eigenvalue weighted by Gasteiger charge is 2.24. The maximum absolute atomic E-state index is 13.3. The number of nitrogens with two attached hydrogens (primary N) is 3. The smallest absolute Gasteiger partial charge is 0.312 e. The van der Waals surface area contributed by atoms with E-state index in [1.54, 1.807) is 0 Å². The Morgan fingerprint density at radius 2 is 1.25 bits per heavy atom. The van der Waals surface area contributed by atoms with Crippen LogP contribution in [-0.4, -0.2) is 36.4 Å². The van der Waals surface area contributed by atoms with Gasteiger partial charge in [-0.05, 0) is 35.1 Å². The molecule has 10 nitrogen and oxygen atoms in total. The van der Waals surface area contributed by atoms with Gasteiger partial charge in [0.15, 0.2) is 5.96 Å². The summed E-state index contributed by atoms with van der Waals surface area (Å²) in [6.45, 7) is 0.942. The van der Waals surface area contributed by atoms with E-state index in [4.69, 9.17) is 17.2 Å². The molecule has 210 valence electrons. The van der Waals surface area contributed by atoms with Crippen molar-refractivity contribution < 1.29 is 14.4 Å². The molecule has 4 amide bonds. The van der Waals surface area contributed by atoms with Crippen LogP contribution >= 0.6 is 0 Å². The Bertz CT molecular complexity index is 1220. The third-order valence-corrected chi connectivity index (χ3v) is 6.35. The molecule has 3 aromatic rings. The maximum Gasteiger partial charge on any atom is 0.312 e. The largest absolute Gasteiger partial charge is 0.370 e. The number of hydrogen-bond acceptors (Lipinski definition) is 4. The Morgan fingerprint density at radius 1 is 0.725 bits per heavy atom. The van der Waals surface area contributed by atoms with E-state index in [1.165, 1.54) is 0 Å². The number of carbonyl (C=O) groups excluding carboxylic acids is 3. The predicted octanol–water partition coefficient (Wildman–Crippen LogP) is 2.23. The molecule has 3 aromatic carbocycles. The molecule has 0 bridgehead atoms. The molecule has 0 aliphatic rings. The lowest BCUT2D eigenvalue weighted by molar-refractivity contribution is -0.129. The minimum Gasteiger partial charge on any atom is -0.370 e. The standard InChI is InChI=1S/C30H37N7O3/c31-29(32)34-17-7-12-26(28(39)35-19-21-13-15-22(16-14-21)20-36-30(33)40)37-27(38)18-25(23-8-3-1-4-9-23)24-10-5-2-6-11-24/h1-6,8-11,13-16,25-26H,7,12,17-20H2,(H,35,39)(H,37,38)(H4,31,32,34)(H3,33,36,40)/t26-/m1/s1. The Kier molecular flexibility index (Phi) is 11.5. The van der Waals surface area contributed by atoms with Crippen LogP contribution in [0.2, 0.25) is 0 Å². The highest BCUT2D eigenvalue weighted by atomic mass is 16.2. The van der Waals surface area contributed by atoms with Gasteiger partial charge in [0, 0.05) is 32.0 Å². The van der Waals surface area contributed by atoms with Gasteiger partial charge in [-0.15, -0.1) is 0 Å². The van der Waals surface area contributed by atoms with Crippen molar-refractivity contribution in [1.29, 1.82) is 0 Å². The first-order chi connectivity index (χ1) is 19.3. The van der Waals surface area contributed by atoms with Crippen molar-refractivity contribution in [2.24, 2.45) is 22.2 Å². The number of carbonyl (C=O) groups is 3. The molecule has 0 unspecified atom stereocenters. The van der Waals surface area contributed by atoms with Crippen LogP contribution in [0.3, 0.4) is 0 Å². The first-order valence-electron chi connectivity index (χ1n) is 13.1. The summed E-state index contributed by atoms with van der Waals surface area (Å²) in [5.41, 5.74) is 19.7. The summed E-state index contributed by atoms with van der Waals surface area (Å²) in [6, 6.07) is 25.7. The number of nitrogens with zero attached hydrogens (tertiary/aromatic N) is 1. The van der Waals surface area contributed by atoms with Crippen molar-refractivity contribution >= 4 is 23.8 Å². The molecule has 0 fully saturated rings. The minimum absolute atomic E-state index is 0.0203. The lowest BCUT2D eigenvalue weighted by atomic mass is 9.88. The molecule has 0 aliphatic carbocycles. The van der Waals surface area contributed by atoms with E-state index < -0.39 is 12.1 Å². The molecule has 0 radical (unpaired) electrons. The van der Waals surface area contributed by atoms with Gasteiger partial charge < -0.3 is 33.2 Å². The number of aliphatic imine (C=N–C) groups is 1. The number of urea groups is 1. The summed E-state index contributed by atoms with van der Waals surface area (Å²) in [5.74, 6) is -0.706. The fourth-order valence-electron chi connectivity index (χ4n) is 4.29. The lowest BCUT2D eigenvalue weighted by Crippen LogP contribution is -2.47. The van der Waals surface area contributed by atoms with Gasteiger partial charge in [-0.1, -0.05) is 84.9 Å². The molecule has 0 heterocycles. The van der Waals surface area contributed by atoms with E-state index in [0.717, 1.165) is 22.3 Å². The predicted molar refractivity (Wildman–Crippen MR) is 156 cm³/mol. The van der Waals surface area contributed by atoms with Gasteiger partial charge in [-0.2, -0.15) is 0 Å². The quantitative estimate of drug-likeness (QED) is 0.104. The number of rotatable bonds is 14. The summed E-state index contributed by atoms with van der Waals surface area (Å²) in [5, 5.41) is 8.38. The maximum atomic E-state index is 13.3. The summed E-state index contributed by atoms with van der Waals surface area (Å²) >= 11 is 0. The summed E-state index contributed by atoms with van der Waals surface area (Å²) in [4.78, 5) is 41.3. The highest BCUT2D eigenvalue weighted by molar-refractivity contribution is 5.88. The first kappa shape index (κ1) is 29.7. The van der Waals surface area contributed by atoms with E-state index in [9.17, 15) is 14.4 Å². The summed E-state index contributed by atoms with van der Waals surface area (Å²) < 4.78 is 0. The van der Waals surface area contributed by atoms with E-state index in [1.807, 2.05) is 84.9 Å². The van der Waals surface area contributed by atoms with E-state index in [0.29, 0.717) is 25.9 Å². The van der Waals surface area contributed by atoms with Crippen LogP contribution in [0.15, 0.2) is 89.9 Å². The Balaban J connectivity index is 1.66. The number of hydrogen-bond donors (Lipinski definition) is 6. The SMILES string of the molecule is NC(=O)NCc1ccc(CNC(=O)[C@@H](CCCN=C(N)N)NC(=O)CC(c2ccccc2)c2ccccc2)cc1. The molecule has 0 aliphatic heterocycles. The van der Waals surface area contributed by atoms with Crippen molar-refractivity contribution in [3.63, 3.8) is 0 Å². The average Bonchev–Trinajstić information content (AvgIpc) is 2.96. The number of nitrogens with one attached hydrogen (secondary N) is 3. The molecule has 0 saturated carbocycles. The second kappa shape index (κ2) is 15.5. The Labute approximate surface area is 234 Å². The van der Waals surface area contributed by atoms with E-state index >= 15 is 0 Å². The van der Waals surface area contributed by atoms with Crippen LogP contribution in [-0.2, 0) is 22.7 Å². The molecule has 1 atom stereocenters. The second-order valence-corrected chi connectivity index (χ2v) is 9.40. The van der Waals surface area contributed by atoms with Crippen molar-refractivity contribution in [2.45, 2.75) is 44.3 Å². The van der Waals surface area contributed by atoms with Gasteiger partial charge in [0.25, 0.3) is 0 Å². The lowest BCUT2D eigenvalue weighted by Gasteiger charge is -2.22. The first-order valence-corrected chi connectivity index (χ1v) is 13.1. The van der Waals surface area contributed by atoms with Crippen LogP contribution in [0.25, 0.3) is 0 Å². The number of primary amides is 1. The molecule has 10 heteroatoms. The Hall–Kier alpha value is -4.86. The molecule has 9 N–H and O–H groups in total. The van der Waals surface area contributed by atoms with Crippen LogP contribution in [0, 0.1) is 0 Å². The Morgan fingerprint density at radius 3 is 1.75 bits per heavy atom. The number of amides is 4. The van der Waals surface area contributed by atoms with Gasteiger partial charge >= 0.3 is 6.03 Å². The molecule has 0 saturated heterocycles. The number of guanidine groups is 1. The summed E-state index contributed by atoms with van der Waals surface area (Å²) in [6.07, 6.45) is 1.07. The fourth-order valence-corrected chi connectivity index (χ4v) is 4.29. The number of benzene rings is 3. The molecule has 0 spiro atoms. The van der Waals surface area contributed by atoms with E-state index in [-0.39, 0.29) is 36.7 Å². The van der Waals surface area contributed by atoms with Gasteiger partial charge in [-0.3, -0.25) is 14.6 Å². The zero-order chi connectivity index (χ0) is 28.7. The highest BCUT2D eigenvalue weighted by Crippen LogP contribution is 2.27. The fraction of sp³-hybridized carbons (Fsp3) is 0.267. The van der Waals surface area contributed by atoms with Gasteiger partial charge in [0.2, 0.25) is 11.8 Å². The zero-order valence-corrected chi connectivity index (χ0v) is 22.4. The average molecular weight is 544 g/mol. The summed E-state index contributed by atoms with van der Waals surface area (Å²) in [7, 11) is 0. The van der Waals surface area contributed by atoms with Gasteiger partial charge in [-0.25, -0.2) is 4.79 Å². The monoisotopic (exact) mass is 543 g/mol. The zero-order valence-electron chi connectivity index (χ0n) is 22.4.